The Hall–Kier alpha value is -1.94. The molecule has 0 saturated heterocycles. The van der Waals surface area contributed by atoms with Crippen LogP contribution in [0, 0.1) is 0 Å². The van der Waals surface area contributed by atoms with Gasteiger partial charge >= 0.3 is 0 Å². The number of nitrogens with zero attached hydrogens (tertiary/aromatic N) is 3. The van der Waals surface area contributed by atoms with Crippen molar-refractivity contribution in [3.63, 3.8) is 0 Å². The molecule has 0 radical (unpaired) electrons. The van der Waals surface area contributed by atoms with Gasteiger partial charge in [0.2, 0.25) is 0 Å². The molecule has 4 nitrogen and oxygen atoms in total. The first kappa shape index (κ1) is 10.6. The second-order valence-corrected chi connectivity index (χ2v) is 3.64. The minimum atomic E-state index is -0.752. The summed E-state index contributed by atoms with van der Waals surface area (Å²) >= 11 is 0. The fourth-order valence-electron chi connectivity index (χ4n) is 1.34. The summed E-state index contributed by atoms with van der Waals surface area (Å²) < 4.78 is 0. The Morgan fingerprint density at radius 2 is 2.06 bits per heavy atom. The SMILES string of the molecule is C=C(C)C(O)c1cnn(-c2ccccc2)n1. The highest BCUT2D eigenvalue weighted by atomic mass is 16.3. The van der Waals surface area contributed by atoms with E-state index in [0.29, 0.717) is 11.3 Å². The smallest absolute Gasteiger partial charge is 0.120 e. The highest BCUT2D eigenvalue weighted by Crippen LogP contribution is 2.17. The lowest BCUT2D eigenvalue weighted by Crippen LogP contribution is -2.02. The molecule has 0 fully saturated rings. The van der Waals surface area contributed by atoms with Crippen molar-refractivity contribution in [2.24, 2.45) is 0 Å². The number of aromatic nitrogens is 3. The van der Waals surface area contributed by atoms with Crippen LogP contribution in [0.4, 0.5) is 0 Å². The van der Waals surface area contributed by atoms with Crippen LogP contribution in [0.25, 0.3) is 5.69 Å². The van der Waals surface area contributed by atoms with Gasteiger partial charge in [-0.15, -0.1) is 0 Å². The van der Waals surface area contributed by atoms with Crippen molar-refractivity contribution in [2.45, 2.75) is 13.0 Å². The molecule has 0 saturated carbocycles. The average Bonchev–Trinajstić information content (AvgIpc) is 2.78. The first-order valence-electron chi connectivity index (χ1n) is 4.99. The van der Waals surface area contributed by atoms with E-state index in [-0.39, 0.29) is 0 Å². The summed E-state index contributed by atoms with van der Waals surface area (Å²) in [5, 5.41) is 18.0. The van der Waals surface area contributed by atoms with Crippen LogP contribution in [0.3, 0.4) is 0 Å². The fraction of sp³-hybridized carbons (Fsp3) is 0.167. The van der Waals surface area contributed by atoms with Crippen molar-refractivity contribution in [2.75, 3.05) is 0 Å². The summed E-state index contributed by atoms with van der Waals surface area (Å²) in [7, 11) is 0. The summed E-state index contributed by atoms with van der Waals surface area (Å²) in [6.07, 6.45) is 0.796. The molecule has 82 valence electrons. The first-order valence-corrected chi connectivity index (χ1v) is 4.99. The molecule has 0 bridgehead atoms. The quantitative estimate of drug-likeness (QED) is 0.795. The van der Waals surface area contributed by atoms with E-state index >= 15 is 0 Å². The lowest BCUT2D eigenvalue weighted by molar-refractivity contribution is 0.210. The maximum atomic E-state index is 9.74. The Morgan fingerprint density at radius 3 is 2.69 bits per heavy atom. The van der Waals surface area contributed by atoms with Crippen molar-refractivity contribution in [3.05, 3.63) is 54.4 Å². The largest absolute Gasteiger partial charge is 0.382 e. The zero-order chi connectivity index (χ0) is 11.5. The van der Waals surface area contributed by atoms with E-state index in [9.17, 15) is 5.11 Å². The molecule has 2 aromatic rings. The van der Waals surface area contributed by atoms with Crippen molar-refractivity contribution >= 4 is 0 Å². The zero-order valence-electron chi connectivity index (χ0n) is 9.04. The van der Waals surface area contributed by atoms with Crippen molar-refractivity contribution < 1.29 is 5.11 Å². The van der Waals surface area contributed by atoms with Crippen LogP contribution in [-0.4, -0.2) is 20.1 Å². The standard InChI is InChI=1S/C12H13N3O/c1-9(2)12(16)11-8-13-15(14-11)10-6-4-3-5-7-10/h3-8,12,16H,1H2,2H3. The molecule has 0 aliphatic carbocycles. The van der Waals surface area contributed by atoms with Crippen molar-refractivity contribution in [3.8, 4) is 5.69 Å². The monoisotopic (exact) mass is 215 g/mol. The molecule has 16 heavy (non-hydrogen) atoms. The van der Waals surface area contributed by atoms with E-state index in [4.69, 9.17) is 0 Å². The highest BCUT2D eigenvalue weighted by Gasteiger charge is 2.12. The molecule has 1 aromatic carbocycles. The molecule has 1 aromatic heterocycles. The maximum Gasteiger partial charge on any atom is 0.120 e. The second kappa shape index (κ2) is 4.28. The van der Waals surface area contributed by atoms with Gasteiger partial charge in [0.15, 0.2) is 0 Å². The van der Waals surface area contributed by atoms with Gasteiger partial charge in [0.1, 0.15) is 11.8 Å². The molecule has 1 heterocycles. The lowest BCUT2D eigenvalue weighted by atomic mass is 10.1. The zero-order valence-corrected chi connectivity index (χ0v) is 9.04. The van der Waals surface area contributed by atoms with E-state index in [1.165, 1.54) is 4.80 Å². The highest BCUT2D eigenvalue weighted by molar-refractivity contribution is 5.28. The summed E-state index contributed by atoms with van der Waals surface area (Å²) in [4.78, 5) is 1.49. The van der Waals surface area contributed by atoms with E-state index < -0.39 is 6.10 Å². The Balaban J connectivity index is 2.30. The molecule has 0 aliphatic heterocycles. The summed E-state index contributed by atoms with van der Waals surface area (Å²) in [6.45, 7) is 5.44. The van der Waals surface area contributed by atoms with Crippen LogP contribution in [-0.2, 0) is 0 Å². The van der Waals surface area contributed by atoms with Crippen LogP contribution in [0.1, 0.15) is 18.7 Å². The van der Waals surface area contributed by atoms with E-state index in [1.54, 1.807) is 13.1 Å². The predicted octanol–water partition coefficient (Wildman–Crippen LogP) is 1.88. The van der Waals surface area contributed by atoms with Gasteiger partial charge in [-0.1, -0.05) is 24.8 Å². The average molecular weight is 215 g/mol. The minimum Gasteiger partial charge on any atom is -0.382 e. The number of aliphatic hydroxyl groups is 1. The Bertz CT molecular complexity index is 490. The van der Waals surface area contributed by atoms with E-state index in [2.05, 4.69) is 16.8 Å². The Kier molecular flexibility index (Phi) is 2.83. The maximum absolute atomic E-state index is 9.74. The molecule has 0 spiro atoms. The van der Waals surface area contributed by atoms with Crippen molar-refractivity contribution in [1.29, 1.82) is 0 Å². The molecule has 4 heteroatoms. The van der Waals surface area contributed by atoms with Crippen LogP contribution in [0.2, 0.25) is 0 Å². The third-order valence-electron chi connectivity index (χ3n) is 2.24. The van der Waals surface area contributed by atoms with Gasteiger partial charge in [-0.3, -0.25) is 0 Å². The number of aliphatic hydroxyl groups excluding tert-OH is 1. The van der Waals surface area contributed by atoms with Crippen LogP contribution in [0.5, 0.6) is 0 Å². The number of hydrogen-bond acceptors (Lipinski definition) is 3. The Morgan fingerprint density at radius 1 is 1.38 bits per heavy atom. The summed E-state index contributed by atoms with van der Waals surface area (Å²) in [5.41, 5.74) is 2.03. The molecule has 1 unspecified atom stereocenters. The molecule has 1 N–H and O–H groups in total. The van der Waals surface area contributed by atoms with Crippen LogP contribution in [0.15, 0.2) is 48.7 Å². The Labute approximate surface area is 93.8 Å². The number of hydrogen-bond donors (Lipinski definition) is 1. The van der Waals surface area contributed by atoms with Gasteiger partial charge in [-0.25, -0.2) is 0 Å². The number of para-hydroxylation sites is 1. The second-order valence-electron chi connectivity index (χ2n) is 3.64. The van der Waals surface area contributed by atoms with Crippen LogP contribution < -0.4 is 0 Å². The van der Waals surface area contributed by atoms with Gasteiger partial charge in [-0.05, 0) is 24.6 Å². The third kappa shape index (κ3) is 2.01. The topological polar surface area (TPSA) is 50.9 Å². The molecule has 0 aliphatic rings. The predicted molar refractivity (Wildman–Crippen MR) is 61.1 cm³/mol. The van der Waals surface area contributed by atoms with Gasteiger partial charge in [0.05, 0.1) is 11.9 Å². The number of benzene rings is 1. The molecule has 2 rings (SSSR count). The van der Waals surface area contributed by atoms with Gasteiger partial charge in [0.25, 0.3) is 0 Å². The molecule has 1 atom stereocenters. The van der Waals surface area contributed by atoms with Crippen LogP contribution >= 0.6 is 0 Å². The number of rotatable bonds is 3. The minimum absolute atomic E-state index is 0.511. The van der Waals surface area contributed by atoms with Crippen molar-refractivity contribution in [1.82, 2.24) is 15.0 Å². The van der Waals surface area contributed by atoms with E-state index in [0.717, 1.165) is 5.69 Å². The van der Waals surface area contributed by atoms with E-state index in [1.807, 2.05) is 30.3 Å². The normalized spacial score (nSPS) is 12.4. The third-order valence-corrected chi connectivity index (χ3v) is 2.24. The summed E-state index contributed by atoms with van der Waals surface area (Å²) in [6, 6.07) is 9.55. The van der Waals surface area contributed by atoms with Gasteiger partial charge in [-0.2, -0.15) is 15.0 Å². The molecule has 0 amide bonds. The van der Waals surface area contributed by atoms with Gasteiger partial charge in [0, 0.05) is 0 Å². The first-order chi connectivity index (χ1) is 7.68. The summed E-state index contributed by atoms with van der Waals surface area (Å²) in [5.74, 6) is 0. The molecular formula is C12H13N3O. The lowest BCUT2D eigenvalue weighted by Gasteiger charge is -2.04. The van der Waals surface area contributed by atoms with Gasteiger partial charge < -0.3 is 5.11 Å². The fourth-order valence-corrected chi connectivity index (χ4v) is 1.34. The molecular weight excluding hydrogens is 202 g/mol.